The van der Waals surface area contributed by atoms with Crippen LogP contribution in [0.4, 0.5) is 0 Å². The van der Waals surface area contributed by atoms with Gasteiger partial charge in [0, 0.05) is 4.48 Å². The molecule has 0 saturated carbocycles. The molecular formula is C7H6BrNS. The Hall–Kier alpha value is -0.150. The van der Waals surface area contributed by atoms with Crippen molar-refractivity contribution in [2.45, 2.75) is 12.8 Å². The van der Waals surface area contributed by atoms with E-state index in [2.05, 4.69) is 27.0 Å². The third kappa shape index (κ3) is 0.935. The van der Waals surface area contributed by atoms with E-state index in [9.17, 15) is 0 Å². The zero-order chi connectivity index (χ0) is 6.97. The fourth-order valence-electron chi connectivity index (χ4n) is 1.05. The highest BCUT2D eigenvalue weighted by atomic mass is 79.9. The Kier molecular flexibility index (Phi) is 1.62. The summed E-state index contributed by atoms with van der Waals surface area (Å²) in [6.07, 6.45) is 4.45. The zero-order valence-corrected chi connectivity index (χ0v) is 7.70. The number of nitrogens with zero attached hydrogens (tertiary/aromatic N) is 1. The maximum atomic E-state index is 4.22. The van der Waals surface area contributed by atoms with Crippen LogP contribution >= 0.6 is 27.3 Å². The van der Waals surface area contributed by atoms with Crippen molar-refractivity contribution in [3.8, 4) is 0 Å². The topological polar surface area (TPSA) is 12.9 Å². The van der Waals surface area contributed by atoms with Crippen LogP contribution in [0.25, 0.3) is 10.6 Å². The van der Waals surface area contributed by atoms with Gasteiger partial charge in [-0.3, -0.25) is 0 Å². The molecule has 1 aliphatic rings. The van der Waals surface area contributed by atoms with Crippen molar-refractivity contribution >= 4 is 37.8 Å². The van der Waals surface area contributed by atoms with Gasteiger partial charge in [0.05, 0.1) is 15.4 Å². The summed E-state index contributed by atoms with van der Waals surface area (Å²) in [6.45, 7) is 0. The van der Waals surface area contributed by atoms with Crippen LogP contribution in [0.3, 0.4) is 0 Å². The third-order valence-corrected chi connectivity index (χ3v) is 3.50. The molecule has 0 saturated heterocycles. The van der Waals surface area contributed by atoms with Crippen molar-refractivity contribution in [1.29, 1.82) is 0 Å². The highest BCUT2D eigenvalue weighted by molar-refractivity contribution is 9.14. The summed E-state index contributed by atoms with van der Waals surface area (Å²) in [5.41, 5.74) is 1.90. The number of aromatic nitrogens is 1. The maximum Gasteiger partial charge on any atom is 0.0805 e. The Morgan fingerprint density at radius 1 is 1.60 bits per heavy atom. The van der Waals surface area contributed by atoms with Gasteiger partial charge in [0.15, 0.2) is 0 Å². The summed E-state index contributed by atoms with van der Waals surface area (Å²) in [4.78, 5) is 4.22. The van der Waals surface area contributed by atoms with Crippen LogP contribution in [0.2, 0.25) is 0 Å². The molecule has 1 aromatic heterocycles. The molecule has 3 heteroatoms. The van der Waals surface area contributed by atoms with Crippen molar-refractivity contribution < 1.29 is 0 Å². The summed E-state index contributed by atoms with van der Waals surface area (Å²) in [7, 11) is 0. The predicted octanol–water partition coefficient (Wildman–Crippen LogP) is 1.22. The van der Waals surface area contributed by atoms with Crippen LogP contribution < -0.4 is 9.88 Å². The molecule has 0 spiro atoms. The van der Waals surface area contributed by atoms with Gasteiger partial charge in [-0.2, -0.15) is 0 Å². The van der Waals surface area contributed by atoms with Gasteiger partial charge in [-0.1, -0.05) is 22.0 Å². The monoisotopic (exact) mass is 215 g/mol. The van der Waals surface area contributed by atoms with Gasteiger partial charge in [0.25, 0.3) is 0 Å². The second kappa shape index (κ2) is 2.47. The first kappa shape index (κ1) is 6.55. The van der Waals surface area contributed by atoms with Gasteiger partial charge in [-0.15, -0.1) is 11.3 Å². The minimum atomic E-state index is 1.12. The summed E-state index contributed by atoms with van der Waals surface area (Å²) in [6, 6.07) is 0. The van der Waals surface area contributed by atoms with Gasteiger partial charge < -0.3 is 0 Å². The van der Waals surface area contributed by atoms with Crippen molar-refractivity contribution in [2.24, 2.45) is 0 Å². The van der Waals surface area contributed by atoms with E-state index in [1.54, 1.807) is 11.3 Å². The van der Waals surface area contributed by atoms with E-state index in [1.807, 2.05) is 5.51 Å². The first-order valence-electron chi connectivity index (χ1n) is 3.16. The van der Waals surface area contributed by atoms with Gasteiger partial charge in [0.2, 0.25) is 0 Å². The number of hydrogen-bond acceptors (Lipinski definition) is 2. The molecule has 1 aromatic rings. The zero-order valence-electron chi connectivity index (χ0n) is 5.30. The van der Waals surface area contributed by atoms with E-state index in [1.165, 1.54) is 9.01 Å². The highest BCUT2D eigenvalue weighted by Gasteiger charge is 2.01. The molecule has 2 rings (SSSR count). The smallest absolute Gasteiger partial charge is 0.0805 e. The van der Waals surface area contributed by atoms with E-state index in [-0.39, 0.29) is 0 Å². The molecule has 1 nitrogen and oxygen atoms in total. The summed E-state index contributed by atoms with van der Waals surface area (Å²) in [5.74, 6) is 0. The quantitative estimate of drug-likeness (QED) is 0.635. The minimum absolute atomic E-state index is 1.12. The summed E-state index contributed by atoms with van der Waals surface area (Å²) >= 11 is 5.24. The maximum absolute atomic E-state index is 4.22. The van der Waals surface area contributed by atoms with E-state index >= 15 is 0 Å². The highest BCUT2D eigenvalue weighted by Crippen LogP contribution is 2.14. The Balaban J connectivity index is 2.91. The molecule has 0 aromatic carbocycles. The minimum Gasteiger partial charge on any atom is -0.245 e. The van der Waals surface area contributed by atoms with Crippen molar-refractivity contribution in [3.63, 3.8) is 0 Å². The van der Waals surface area contributed by atoms with Crippen molar-refractivity contribution in [2.75, 3.05) is 0 Å². The lowest BCUT2D eigenvalue weighted by atomic mass is 10.2. The van der Waals surface area contributed by atoms with E-state index in [4.69, 9.17) is 0 Å². The summed E-state index contributed by atoms with van der Waals surface area (Å²) < 4.78 is 2.62. The molecule has 0 atom stereocenters. The average molecular weight is 216 g/mol. The molecule has 52 valence electrons. The number of thiazole rings is 1. The van der Waals surface area contributed by atoms with E-state index in [0.717, 1.165) is 18.2 Å². The molecule has 10 heavy (non-hydrogen) atoms. The standard InChI is InChI=1S/C7H6BrNS/c8-5-2-1-3-6-7(5)10-4-9-6/h3-4H,1-2H2. The lowest BCUT2D eigenvalue weighted by molar-refractivity contribution is 1.10. The molecule has 0 aliphatic heterocycles. The predicted molar refractivity (Wildman–Crippen MR) is 47.4 cm³/mol. The van der Waals surface area contributed by atoms with Crippen LogP contribution in [0.15, 0.2) is 5.51 Å². The molecule has 0 N–H and O–H groups in total. The Labute approximate surface area is 71.2 Å². The first-order valence-corrected chi connectivity index (χ1v) is 4.83. The molecular weight excluding hydrogens is 210 g/mol. The molecule has 0 unspecified atom stereocenters. The molecule has 0 radical (unpaired) electrons. The van der Waals surface area contributed by atoms with E-state index < -0.39 is 0 Å². The summed E-state index contributed by atoms with van der Waals surface area (Å²) in [5, 5.41) is 1.16. The van der Waals surface area contributed by atoms with Crippen molar-refractivity contribution in [3.05, 3.63) is 15.4 Å². The van der Waals surface area contributed by atoms with Crippen molar-refractivity contribution in [1.82, 2.24) is 4.98 Å². The third-order valence-electron chi connectivity index (χ3n) is 1.54. The molecule has 0 amide bonds. The van der Waals surface area contributed by atoms with Gasteiger partial charge in [-0.05, 0) is 12.8 Å². The lowest BCUT2D eigenvalue weighted by Crippen LogP contribution is -2.24. The number of hydrogen-bond donors (Lipinski definition) is 0. The second-order valence-electron chi connectivity index (χ2n) is 2.21. The first-order chi connectivity index (χ1) is 4.88. The largest absolute Gasteiger partial charge is 0.245 e. The van der Waals surface area contributed by atoms with E-state index in [0.29, 0.717) is 0 Å². The van der Waals surface area contributed by atoms with Crippen LogP contribution in [0.1, 0.15) is 12.8 Å². The van der Waals surface area contributed by atoms with Gasteiger partial charge in [0.1, 0.15) is 0 Å². The second-order valence-corrected chi connectivity index (χ2v) is 4.03. The Morgan fingerprint density at radius 2 is 2.50 bits per heavy atom. The number of rotatable bonds is 0. The van der Waals surface area contributed by atoms with Crippen LogP contribution in [0.5, 0.6) is 0 Å². The molecule has 0 fully saturated rings. The normalized spacial score (nSPS) is 16.3. The fourth-order valence-corrected chi connectivity index (χ4v) is 2.52. The lowest BCUT2D eigenvalue weighted by Gasteiger charge is -1.97. The van der Waals surface area contributed by atoms with Crippen LogP contribution in [-0.2, 0) is 0 Å². The average Bonchev–Trinajstić information content (AvgIpc) is 2.36. The van der Waals surface area contributed by atoms with Crippen LogP contribution in [-0.4, -0.2) is 4.98 Å². The van der Waals surface area contributed by atoms with Crippen LogP contribution in [0, 0.1) is 0 Å². The fraction of sp³-hybridized carbons (Fsp3) is 0.286. The molecule has 1 heterocycles. The van der Waals surface area contributed by atoms with Gasteiger partial charge >= 0.3 is 0 Å². The number of halogens is 1. The SMILES string of the molecule is BrC1=c2scnc2=CCC1. The molecule has 0 bridgehead atoms. The molecule has 1 aliphatic carbocycles. The van der Waals surface area contributed by atoms with Gasteiger partial charge in [-0.25, -0.2) is 4.98 Å². The number of fused-ring (bicyclic) bond motifs is 1. The Bertz CT molecular complexity index is 352. The Morgan fingerprint density at radius 3 is 3.30 bits per heavy atom.